The summed E-state index contributed by atoms with van der Waals surface area (Å²) in [7, 11) is 0. The van der Waals surface area contributed by atoms with Gasteiger partial charge in [0.25, 0.3) is 5.91 Å². The lowest BCUT2D eigenvalue weighted by Crippen LogP contribution is -2.50. The number of benzene rings is 1. The van der Waals surface area contributed by atoms with Gasteiger partial charge >= 0.3 is 0 Å². The summed E-state index contributed by atoms with van der Waals surface area (Å²) in [6.45, 7) is 1.39. The number of halogens is 2. The lowest BCUT2D eigenvalue weighted by atomic mass is 10.2. The van der Waals surface area contributed by atoms with Gasteiger partial charge in [-0.1, -0.05) is 23.2 Å². The maximum Gasteiger partial charge on any atom is 0.266 e. The number of pyridine rings is 1. The lowest BCUT2D eigenvalue weighted by Gasteiger charge is -2.32. The van der Waals surface area contributed by atoms with Crippen molar-refractivity contribution in [3.8, 4) is 5.75 Å². The van der Waals surface area contributed by atoms with E-state index in [1.54, 1.807) is 31.2 Å². The Balaban J connectivity index is 1.88. The number of nitrogens with two attached hydrogens (primary N) is 1. The molecular weight excluding hydrogens is 367 g/mol. The highest BCUT2D eigenvalue weighted by Crippen LogP contribution is 2.33. The SMILES string of the molecule is CC(C(=O)Nc1cc(Cl)ccc1Cl)N1C(=O)COc2ccc(N)nc21. The number of carbonyl (C=O) groups excluding carboxylic acids is 2. The van der Waals surface area contributed by atoms with Crippen molar-refractivity contribution in [3.05, 3.63) is 40.4 Å². The number of nitrogens with zero attached hydrogens (tertiary/aromatic N) is 2. The van der Waals surface area contributed by atoms with Crippen LogP contribution in [0.15, 0.2) is 30.3 Å². The molecule has 0 radical (unpaired) electrons. The van der Waals surface area contributed by atoms with Gasteiger partial charge < -0.3 is 15.8 Å². The number of aromatic nitrogens is 1. The average molecular weight is 381 g/mol. The van der Waals surface area contributed by atoms with E-state index >= 15 is 0 Å². The van der Waals surface area contributed by atoms with Crippen LogP contribution < -0.4 is 20.7 Å². The fourth-order valence-electron chi connectivity index (χ4n) is 2.41. The molecule has 2 aromatic rings. The van der Waals surface area contributed by atoms with Gasteiger partial charge in [-0.05, 0) is 37.3 Å². The minimum absolute atomic E-state index is 0.186. The van der Waals surface area contributed by atoms with Crippen LogP contribution in [0, 0.1) is 0 Å². The molecule has 1 atom stereocenters. The number of rotatable bonds is 3. The molecule has 3 N–H and O–H groups in total. The summed E-state index contributed by atoms with van der Waals surface area (Å²) >= 11 is 12.0. The quantitative estimate of drug-likeness (QED) is 0.852. The van der Waals surface area contributed by atoms with E-state index in [-0.39, 0.29) is 18.2 Å². The maximum absolute atomic E-state index is 12.6. The maximum atomic E-state index is 12.6. The molecule has 1 aliphatic heterocycles. The van der Waals surface area contributed by atoms with Gasteiger partial charge in [0.05, 0.1) is 10.7 Å². The number of fused-ring (bicyclic) bond motifs is 1. The molecule has 1 aliphatic rings. The molecule has 1 aromatic heterocycles. The van der Waals surface area contributed by atoms with Crippen molar-refractivity contribution in [2.24, 2.45) is 0 Å². The highest BCUT2D eigenvalue weighted by molar-refractivity contribution is 6.35. The zero-order chi connectivity index (χ0) is 18.1. The van der Waals surface area contributed by atoms with E-state index < -0.39 is 17.9 Å². The van der Waals surface area contributed by atoms with Crippen LogP contribution in [-0.2, 0) is 9.59 Å². The first kappa shape index (κ1) is 17.3. The molecule has 1 aromatic carbocycles. The van der Waals surface area contributed by atoms with Gasteiger partial charge in [-0.15, -0.1) is 0 Å². The summed E-state index contributed by atoms with van der Waals surface area (Å²) in [5.74, 6) is -0.0436. The zero-order valence-electron chi connectivity index (χ0n) is 13.1. The van der Waals surface area contributed by atoms with Gasteiger partial charge in [-0.25, -0.2) is 4.98 Å². The molecule has 0 saturated carbocycles. The predicted molar refractivity (Wildman–Crippen MR) is 96.2 cm³/mol. The van der Waals surface area contributed by atoms with Crippen LogP contribution in [-0.4, -0.2) is 29.4 Å². The van der Waals surface area contributed by atoms with Crippen LogP contribution in [0.25, 0.3) is 0 Å². The van der Waals surface area contributed by atoms with Gasteiger partial charge in [-0.3, -0.25) is 14.5 Å². The molecule has 0 fully saturated rings. The molecule has 0 spiro atoms. The van der Waals surface area contributed by atoms with Gasteiger partial charge in [-0.2, -0.15) is 0 Å². The molecule has 25 heavy (non-hydrogen) atoms. The third-order valence-corrected chi connectivity index (χ3v) is 4.23. The number of hydrogen-bond acceptors (Lipinski definition) is 5. The van der Waals surface area contributed by atoms with Gasteiger partial charge in [0.1, 0.15) is 11.9 Å². The van der Waals surface area contributed by atoms with Crippen molar-refractivity contribution in [1.82, 2.24) is 4.98 Å². The molecule has 1 unspecified atom stereocenters. The second kappa shape index (κ2) is 6.78. The second-order valence-corrected chi connectivity index (χ2v) is 6.24. The topological polar surface area (TPSA) is 97.5 Å². The Morgan fingerprint density at radius 1 is 1.36 bits per heavy atom. The van der Waals surface area contributed by atoms with E-state index in [0.717, 1.165) is 0 Å². The standard InChI is InChI=1S/C16H14Cl2N4O3/c1-8(16(24)20-11-6-9(17)2-3-10(11)18)22-14(23)7-25-12-4-5-13(19)21-15(12)22/h2-6,8H,7H2,1H3,(H2,19,21)(H,20,24). The molecule has 0 saturated heterocycles. The molecule has 0 aliphatic carbocycles. The van der Waals surface area contributed by atoms with Crippen molar-refractivity contribution >= 4 is 52.3 Å². The first-order valence-electron chi connectivity index (χ1n) is 7.34. The molecule has 3 rings (SSSR count). The fourth-order valence-corrected chi connectivity index (χ4v) is 2.75. The Labute approximate surface area is 153 Å². The highest BCUT2D eigenvalue weighted by Gasteiger charge is 2.34. The summed E-state index contributed by atoms with van der Waals surface area (Å²) < 4.78 is 5.32. The molecule has 7 nitrogen and oxygen atoms in total. The smallest absolute Gasteiger partial charge is 0.266 e. The minimum Gasteiger partial charge on any atom is -0.480 e. The molecule has 130 valence electrons. The number of anilines is 3. The lowest BCUT2D eigenvalue weighted by molar-refractivity contribution is -0.125. The number of carbonyl (C=O) groups is 2. The fraction of sp³-hybridized carbons (Fsp3) is 0.188. The molecule has 2 amide bonds. The normalized spacial score (nSPS) is 14.5. The zero-order valence-corrected chi connectivity index (χ0v) is 14.6. The van der Waals surface area contributed by atoms with Crippen LogP contribution in [0.1, 0.15) is 6.92 Å². The van der Waals surface area contributed by atoms with Crippen molar-refractivity contribution in [1.29, 1.82) is 0 Å². The van der Waals surface area contributed by atoms with Gasteiger partial charge in [0, 0.05) is 5.02 Å². The largest absolute Gasteiger partial charge is 0.480 e. The van der Waals surface area contributed by atoms with Gasteiger partial charge in [0.2, 0.25) is 5.91 Å². The minimum atomic E-state index is -0.862. The number of nitrogens with one attached hydrogen (secondary N) is 1. The third-order valence-electron chi connectivity index (χ3n) is 3.66. The number of amides is 2. The predicted octanol–water partition coefficient (Wildman–Crippen LogP) is 2.72. The van der Waals surface area contributed by atoms with Crippen molar-refractivity contribution in [2.45, 2.75) is 13.0 Å². The van der Waals surface area contributed by atoms with Crippen molar-refractivity contribution in [3.63, 3.8) is 0 Å². The molecular formula is C16H14Cl2N4O3. The van der Waals surface area contributed by atoms with Crippen LogP contribution >= 0.6 is 23.2 Å². The van der Waals surface area contributed by atoms with Crippen LogP contribution in [0.2, 0.25) is 10.0 Å². The third kappa shape index (κ3) is 3.47. The second-order valence-electron chi connectivity index (χ2n) is 5.40. The van der Waals surface area contributed by atoms with E-state index in [9.17, 15) is 9.59 Å². The Kier molecular flexibility index (Phi) is 4.69. The first-order valence-corrected chi connectivity index (χ1v) is 8.09. The van der Waals surface area contributed by atoms with Gasteiger partial charge in [0.15, 0.2) is 18.2 Å². The molecule has 0 bridgehead atoms. The summed E-state index contributed by atoms with van der Waals surface area (Å²) in [6, 6.07) is 7.01. The van der Waals surface area contributed by atoms with E-state index in [2.05, 4.69) is 10.3 Å². The number of hydrogen-bond donors (Lipinski definition) is 2. The van der Waals surface area contributed by atoms with E-state index in [0.29, 0.717) is 21.5 Å². The Morgan fingerprint density at radius 3 is 2.88 bits per heavy atom. The molecule has 2 heterocycles. The molecule has 9 heteroatoms. The summed E-state index contributed by atoms with van der Waals surface area (Å²) in [5, 5.41) is 3.42. The Bertz CT molecular complexity index is 859. The van der Waals surface area contributed by atoms with Crippen LogP contribution in [0.4, 0.5) is 17.3 Å². The van der Waals surface area contributed by atoms with Crippen molar-refractivity contribution in [2.75, 3.05) is 22.6 Å². The summed E-state index contributed by atoms with van der Waals surface area (Å²) in [6.07, 6.45) is 0. The Morgan fingerprint density at radius 2 is 2.12 bits per heavy atom. The van der Waals surface area contributed by atoms with E-state index in [1.165, 1.54) is 11.0 Å². The van der Waals surface area contributed by atoms with Crippen LogP contribution in [0.3, 0.4) is 0 Å². The number of nitrogen functional groups attached to an aromatic ring is 1. The first-order chi connectivity index (χ1) is 11.9. The average Bonchev–Trinajstić information content (AvgIpc) is 2.57. The van der Waals surface area contributed by atoms with Crippen molar-refractivity contribution < 1.29 is 14.3 Å². The van der Waals surface area contributed by atoms with E-state index in [1.807, 2.05) is 0 Å². The summed E-state index contributed by atoms with van der Waals surface area (Å²) in [4.78, 5) is 30.3. The van der Waals surface area contributed by atoms with E-state index in [4.69, 9.17) is 33.7 Å². The number of ether oxygens (including phenoxy) is 1. The van der Waals surface area contributed by atoms with Crippen LogP contribution in [0.5, 0.6) is 5.75 Å². The monoisotopic (exact) mass is 380 g/mol. The summed E-state index contributed by atoms with van der Waals surface area (Å²) in [5.41, 5.74) is 6.04. The highest BCUT2D eigenvalue weighted by atomic mass is 35.5. The Hall–Kier alpha value is -2.51.